The second-order valence-corrected chi connectivity index (χ2v) is 11.1. The molecule has 3 amide bonds. The topological polar surface area (TPSA) is 186 Å². The zero-order valence-electron chi connectivity index (χ0n) is 26.0. The summed E-state index contributed by atoms with van der Waals surface area (Å²) in [5.41, 5.74) is 5.00. The molecule has 1 aliphatic carbocycles. The summed E-state index contributed by atoms with van der Waals surface area (Å²) in [6.07, 6.45) is -0.972. The number of benzene rings is 3. The fourth-order valence-electron chi connectivity index (χ4n) is 5.44. The van der Waals surface area contributed by atoms with Crippen LogP contribution in [0.25, 0.3) is 11.1 Å². The average Bonchev–Trinajstić information content (AvgIpc) is 3.37. The largest absolute Gasteiger partial charge is 0.481 e. The first kappa shape index (κ1) is 34.4. The predicted octanol–water partition coefficient (Wildman–Crippen LogP) is 5.57. The number of nitro groups is 1. The maximum Gasteiger partial charge on any atom is 0.407 e. The van der Waals surface area contributed by atoms with Crippen LogP contribution in [-0.4, -0.2) is 53.8 Å². The lowest BCUT2D eigenvalue weighted by Gasteiger charge is -2.16. The van der Waals surface area contributed by atoms with Crippen molar-refractivity contribution in [1.82, 2.24) is 16.0 Å². The fourth-order valence-corrected chi connectivity index (χ4v) is 5.44. The number of nitrogens with one attached hydrogen (secondary N) is 3. The molecule has 0 aliphatic heterocycles. The minimum absolute atomic E-state index is 0.0113. The number of amides is 3. The van der Waals surface area contributed by atoms with E-state index in [0.29, 0.717) is 24.8 Å². The molecule has 1 unspecified atom stereocenters. The Morgan fingerprint density at radius 3 is 2.11 bits per heavy atom. The molecule has 3 aromatic rings. The van der Waals surface area contributed by atoms with Gasteiger partial charge in [-0.25, -0.2) is 9.59 Å². The van der Waals surface area contributed by atoms with Crippen LogP contribution >= 0.6 is 0 Å². The Bertz CT molecular complexity index is 1560. The number of ether oxygens (including phenoxy) is 2. The first-order valence-corrected chi connectivity index (χ1v) is 15.4. The van der Waals surface area contributed by atoms with Gasteiger partial charge in [0.05, 0.1) is 10.5 Å². The highest BCUT2D eigenvalue weighted by atomic mass is 16.6. The minimum Gasteiger partial charge on any atom is -0.481 e. The smallest absolute Gasteiger partial charge is 0.407 e. The fraction of sp³-hybridized carbons (Fsp3) is 0.353. The lowest BCUT2D eigenvalue weighted by molar-refractivity contribution is -0.386. The Balaban J connectivity index is 1.17. The van der Waals surface area contributed by atoms with E-state index in [0.717, 1.165) is 22.3 Å². The van der Waals surface area contributed by atoms with E-state index in [-0.39, 0.29) is 62.2 Å². The summed E-state index contributed by atoms with van der Waals surface area (Å²) >= 11 is 0. The van der Waals surface area contributed by atoms with Gasteiger partial charge in [-0.3, -0.25) is 19.7 Å². The number of carbonyl (C=O) groups excluding carboxylic acids is 3. The number of carboxylic acids is 1. The molecule has 0 aromatic heterocycles. The van der Waals surface area contributed by atoms with Gasteiger partial charge in [-0.1, -0.05) is 54.6 Å². The van der Waals surface area contributed by atoms with Crippen LogP contribution < -0.4 is 16.0 Å². The van der Waals surface area contributed by atoms with Gasteiger partial charge in [0, 0.05) is 44.5 Å². The molecule has 248 valence electrons. The highest BCUT2D eigenvalue weighted by Gasteiger charge is 2.29. The molecule has 1 aliphatic rings. The monoisotopic (exact) mass is 646 g/mol. The third kappa shape index (κ3) is 9.76. The van der Waals surface area contributed by atoms with Gasteiger partial charge in [0.2, 0.25) is 5.91 Å². The van der Waals surface area contributed by atoms with Crippen LogP contribution in [0.5, 0.6) is 0 Å². The van der Waals surface area contributed by atoms with Crippen molar-refractivity contribution in [3.8, 4) is 11.1 Å². The summed E-state index contributed by atoms with van der Waals surface area (Å²) in [5.74, 6) is -1.24. The number of alkyl carbamates (subject to hydrolysis) is 2. The Kier molecular flexibility index (Phi) is 12.3. The number of nitro benzene ring substituents is 1. The molecule has 0 bridgehead atoms. The zero-order valence-corrected chi connectivity index (χ0v) is 26.0. The van der Waals surface area contributed by atoms with Crippen molar-refractivity contribution in [2.24, 2.45) is 0 Å². The summed E-state index contributed by atoms with van der Waals surface area (Å²) in [4.78, 5) is 58.5. The summed E-state index contributed by atoms with van der Waals surface area (Å²) in [6, 6.07) is 20.4. The van der Waals surface area contributed by atoms with E-state index in [2.05, 4.69) is 28.1 Å². The van der Waals surface area contributed by atoms with E-state index in [1.54, 1.807) is 0 Å². The maximum atomic E-state index is 12.4. The Morgan fingerprint density at radius 1 is 0.851 bits per heavy atom. The molecular weight excluding hydrogens is 608 g/mol. The first-order chi connectivity index (χ1) is 22.6. The number of fused-ring (bicyclic) bond motifs is 3. The minimum atomic E-state index is -0.971. The molecule has 47 heavy (non-hydrogen) atoms. The van der Waals surface area contributed by atoms with Crippen LogP contribution in [0.1, 0.15) is 73.3 Å². The second-order valence-electron chi connectivity index (χ2n) is 11.1. The van der Waals surface area contributed by atoms with E-state index in [1.807, 2.05) is 36.4 Å². The Morgan fingerprint density at radius 2 is 1.47 bits per heavy atom. The third-order valence-corrected chi connectivity index (χ3v) is 7.78. The van der Waals surface area contributed by atoms with Crippen molar-refractivity contribution in [2.75, 3.05) is 19.7 Å². The second kappa shape index (κ2) is 16.7. The number of nitrogens with zero attached hydrogens (tertiary/aromatic N) is 1. The molecule has 13 nitrogen and oxygen atoms in total. The molecule has 0 saturated heterocycles. The molecule has 13 heteroatoms. The highest BCUT2D eigenvalue weighted by Crippen LogP contribution is 2.44. The van der Waals surface area contributed by atoms with Crippen molar-refractivity contribution < 1.29 is 38.7 Å². The van der Waals surface area contributed by atoms with E-state index in [9.17, 15) is 29.3 Å². The molecule has 0 radical (unpaired) electrons. The van der Waals surface area contributed by atoms with E-state index < -0.39 is 29.2 Å². The number of unbranched alkanes of at least 4 members (excludes halogenated alkanes) is 1. The molecule has 0 heterocycles. The van der Waals surface area contributed by atoms with Crippen molar-refractivity contribution in [3.05, 3.63) is 99.1 Å². The van der Waals surface area contributed by atoms with Crippen molar-refractivity contribution in [3.63, 3.8) is 0 Å². The number of hydrogen-bond donors (Lipinski definition) is 4. The van der Waals surface area contributed by atoms with Gasteiger partial charge in [0.1, 0.15) is 12.7 Å². The molecule has 4 N–H and O–H groups in total. The van der Waals surface area contributed by atoms with Crippen LogP contribution in [-0.2, 0) is 25.6 Å². The van der Waals surface area contributed by atoms with Gasteiger partial charge in [-0.2, -0.15) is 0 Å². The van der Waals surface area contributed by atoms with Gasteiger partial charge in [-0.05, 0) is 60.1 Å². The first-order valence-electron chi connectivity index (χ1n) is 15.4. The van der Waals surface area contributed by atoms with E-state index in [4.69, 9.17) is 14.6 Å². The molecule has 4 rings (SSSR count). The van der Waals surface area contributed by atoms with Crippen molar-refractivity contribution in [2.45, 2.75) is 57.6 Å². The number of aliphatic carboxylic acids is 1. The summed E-state index contributed by atoms with van der Waals surface area (Å²) in [7, 11) is 0. The SMILES string of the molecule is CC(OC(=O)NCCCNC(=O)OCC1c2ccccc2-c2ccccc21)c1cc(CNC(=O)CCCCC(=O)O)ccc1[N+](=O)[O-]. The van der Waals surface area contributed by atoms with Gasteiger partial charge in [-0.15, -0.1) is 0 Å². The van der Waals surface area contributed by atoms with E-state index >= 15 is 0 Å². The van der Waals surface area contributed by atoms with Crippen LogP contribution in [0.15, 0.2) is 66.7 Å². The molecule has 1 atom stereocenters. The molecule has 3 aromatic carbocycles. The lowest BCUT2D eigenvalue weighted by atomic mass is 9.98. The lowest BCUT2D eigenvalue weighted by Crippen LogP contribution is -2.31. The molecule has 0 fully saturated rings. The Labute approximate surface area is 271 Å². The van der Waals surface area contributed by atoms with Gasteiger partial charge in [0.25, 0.3) is 5.69 Å². The third-order valence-electron chi connectivity index (χ3n) is 7.78. The van der Waals surface area contributed by atoms with Gasteiger partial charge < -0.3 is 30.5 Å². The van der Waals surface area contributed by atoms with Crippen molar-refractivity contribution in [1.29, 1.82) is 0 Å². The van der Waals surface area contributed by atoms with Crippen LogP contribution in [0.2, 0.25) is 0 Å². The zero-order chi connectivity index (χ0) is 33.8. The van der Waals surface area contributed by atoms with Crippen molar-refractivity contribution >= 4 is 29.8 Å². The standard InChI is InChI=1S/C34H38N4O9/c1-22(28-19-23(15-16-30(28)38(44)45)20-37-31(39)13-6-7-14-32(40)41)47-34(43)36-18-8-17-35-33(42)46-21-29-26-11-4-2-9-24(26)25-10-3-5-12-27(25)29/h2-5,9-12,15-16,19,22,29H,6-8,13-14,17-18,20-21H2,1H3,(H,35,42)(H,36,43)(H,37,39)(H,40,41). The van der Waals surface area contributed by atoms with Crippen LogP contribution in [0.3, 0.4) is 0 Å². The van der Waals surface area contributed by atoms with Gasteiger partial charge >= 0.3 is 18.2 Å². The maximum absolute atomic E-state index is 12.4. The van der Waals surface area contributed by atoms with Crippen LogP contribution in [0, 0.1) is 10.1 Å². The summed E-state index contributed by atoms with van der Waals surface area (Å²) in [6.45, 7) is 2.21. The molecular formula is C34H38N4O9. The quantitative estimate of drug-likeness (QED) is 0.0877. The predicted molar refractivity (Wildman–Crippen MR) is 172 cm³/mol. The number of carbonyl (C=O) groups is 4. The number of hydrogen-bond acceptors (Lipinski definition) is 8. The van der Waals surface area contributed by atoms with E-state index in [1.165, 1.54) is 25.1 Å². The highest BCUT2D eigenvalue weighted by molar-refractivity contribution is 5.79. The number of rotatable bonds is 16. The summed E-state index contributed by atoms with van der Waals surface area (Å²) < 4.78 is 10.9. The number of carboxylic acid groups (broad SMARTS) is 1. The summed E-state index contributed by atoms with van der Waals surface area (Å²) in [5, 5.41) is 28.2. The van der Waals surface area contributed by atoms with Crippen LogP contribution in [0.4, 0.5) is 15.3 Å². The normalized spacial score (nSPS) is 12.3. The molecule has 0 saturated carbocycles. The van der Waals surface area contributed by atoms with Gasteiger partial charge in [0.15, 0.2) is 0 Å². The molecule has 0 spiro atoms. The Hall–Kier alpha value is -5.46. The average molecular weight is 647 g/mol.